The largest absolute Gasteiger partial charge is 0.443 e. The third-order valence-electron chi connectivity index (χ3n) is 5.09. The average Bonchev–Trinajstić information content (AvgIpc) is 2.98. The second-order valence-corrected chi connectivity index (χ2v) is 8.22. The van der Waals surface area contributed by atoms with E-state index in [9.17, 15) is 9.59 Å². The van der Waals surface area contributed by atoms with E-state index < -0.39 is 5.60 Å². The van der Waals surface area contributed by atoms with Crippen LogP contribution in [0.4, 0.5) is 10.6 Å². The number of carbonyl (C=O) groups excluding carboxylic acids is 2. The highest BCUT2D eigenvalue weighted by Crippen LogP contribution is 2.39. The zero-order valence-corrected chi connectivity index (χ0v) is 16.2. The van der Waals surface area contributed by atoms with Gasteiger partial charge in [0, 0.05) is 31.3 Å². The lowest BCUT2D eigenvalue weighted by Crippen LogP contribution is -2.48. The first-order valence-corrected chi connectivity index (χ1v) is 9.52. The summed E-state index contributed by atoms with van der Waals surface area (Å²) in [6.45, 7) is 7.98. The highest BCUT2D eigenvalue weighted by Gasteiger charge is 2.38. The summed E-state index contributed by atoms with van der Waals surface area (Å²) in [5.41, 5.74) is 0.380. The number of hydrogen-bond acceptors (Lipinski definition) is 4. The van der Waals surface area contributed by atoms with E-state index in [1.54, 1.807) is 18.0 Å². The molecule has 3 rings (SSSR count). The molecule has 2 heterocycles. The fourth-order valence-corrected chi connectivity index (χ4v) is 3.70. The molecular formula is C20H29N3O3. The number of nitrogens with zero attached hydrogens (tertiary/aromatic N) is 3. The first-order chi connectivity index (χ1) is 12.3. The molecule has 0 N–H and O–H groups in total. The van der Waals surface area contributed by atoms with Crippen LogP contribution >= 0.6 is 0 Å². The van der Waals surface area contributed by atoms with Gasteiger partial charge in [0.1, 0.15) is 11.4 Å². The number of carbonyl (C=O) groups is 2. The molecule has 26 heavy (non-hydrogen) atoms. The van der Waals surface area contributed by atoms with Crippen molar-refractivity contribution in [2.75, 3.05) is 11.4 Å². The van der Waals surface area contributed by atoms with Crippen LogP contribution in [-0.2, 0) is 9.53 Å². The molecule has 2 fully saturated rings. The Morgan fingerprint density at radius 1 is 1.23 bits per heavy atom. The molecule has 2 aliphatic rings. The lowest BCUT2D eigenvalue weighted by molar-refractivity contribution is -0.129. The smallest absolute Gasteiger partial charge is 0.416 e. The van der Waals surface area contributed by atoms with Gasteiger partial charge in [0.15, 0.2) is 0 Å². The minimum absolute atomic E-state index is 0.0267. The number of ether oxygens (including phenoxy) is 1. The number of pyridine rings is 1. The Labute approximate surface area is 155 Å². The Balaban J connectivity index is 1.97. The van der Waals surface area contributed by atoms with Crippen LogP contribution in [0.2, 0.25) is 0 Å². The molecule has 6 nitrogen and oxygen atoms in total. The Morgan fingerprint density at radius 2 is 1.96 bits per heavy atom. The number of amides is 2. The molecule has 1 aliphatic heterocycles. The highest BCUT2D eigenvalue weighted by atomic mass is 16.6. The van der Waals surface area contributed by atoms with E-state index in [0.717, 1.165) is 44.2 Å². The first-order valence-electron chi connectivity index (χ1n) is 9.52. The molecule has 0 bridgehead atoms. The van der Waals surface area contributed by atoms with E-state index in [1.807, 2.05) is 37.8 Å². The summed E-state index contributed by atoms with van der Waals surface area (Å²) in [5.74, 6) is 0.708. The fourth-order valence-electron chi connectivity index (χ4n) is 3.70. The Bertz CT molecular complexity index is 679. The fraction of sp³-hybridized carbons (Fsp3) is 0.650. The zero-order valence-electron chi connectivity index (χ0n) is 16.2. The molecule has 1 saturated carbocycles. The van der Waals surface area contributed by atoms with Crippen molar-refractivity contribution in [3.05, 3.63) is 23.9 Å². The summed E-state index contributed by atoms with van der Waals surface area (Å²) in [5, 5.41) is 0. The maximum Gasteiger partial charge on any atom is 0.416 e. The van der Waals surface area contributed by atoms with Crippen molar-refractivity contribution in [1.82, 2.24) is 9.88 Å². The molecule has 1 aromatic rings. The van der Waals surface area contributed by atoms with Crippen molar-refractivity contribution in [1.29, 1.82) is 0 Å². The lowest BCUT2D eigenvalue weighted by atomic mass is 9.91. The maximum absolute atomic E-state index is 13.0. The predicted molar refractivity (Wildman–Crippen MR) is 100.0 cm³/mol. The third-order valence-corrected chi connectivity index (χ3v) is 5.09. The van der Waals surface area contributed by atoms with Crippen molar-refractivity contribution in [2.45, 2.75) is 77.5 Å². The molecule has 142 valence electrons. The van der Waals surface area contributed by atoms with E-state index in [2.05, 4.69) is 4.98 Å². The van der Waals surface area contributed by atoms with Gasteiger partial charge in [-0.1, -0.05) is 6.07 Å². The number of likely N-dealkylation sites (tertiary alicyclic amines) is 1. The third kappa shape index (κ3) is 3.84. The van der Waals surface area contributed by atoms with Crippen LogP contribution in [0.1, 0.15) is 71.4 Å². The minimum Gasteiger partial charge on any atom is -0.443 e. The van der Waals surface area contributed by atoms with Crippen LogP contribution in [0.25, 0.3) is 0 Å². The van der Waals surface area contributed by atoms with E-state index >= 15 is 0 Å². The van der Waals surface area contributed by atoms with Crippen LogP contribution in [0.3, 0.4) is 0 Å². The summed E-state index contributed by atoms with van der Waals surface area (Å²) in [7, 11) is 0. The summed E-state index contributed by atoms with van der Waals surface area (Å²) in [6.07, 6.45) is 6.23. The molecule has 1 aromatic heterocycles. The van der Waals surface area contributed by atoms with E-state index in [4.69, 9.17) is 4.74 Å². The van der Waals surface area contributed by atoms with Crippen LogP contribution in [0.15, 0.2) is 18.3 Å². The second kappa shape index (κ2) is 7.25. The summed E-state index contributed by atoms with van der Waals surface area (Å²) >= 11 is 0. The molecule has 1 atom stereocenters. The van der Waals surface area contributed by atoms with Crippen molar-refractivity contribution >= 4 is 17.8 Å². The minimum atomic E-state index is -0.563. The maximum atomic E-state index is 13.0. The van der Waals surface area contributed by atoms with Gasteiger partial charge in [-0.25, -0.2) is 9.78 Å². The van der Waals surface area contributed by atoms with E-state index in [-0.39, 0.29) is 24.1 Å². The van der Waals surface area contributed by atoms with Gasteiger partial charge in [0.25, 0.3) is 0 Å². The molecule has 1 aliphatic carbocycles. The van der Waals surface area contributed by atoms with E-state index in [0.29, 0.717) is 5.82 Å². The summed E-state index contributed by atoms with van der Waals surface area (Å²) in [4.78, 5) is 33.2. The van der Waals surface area contributed by atoms with Crippen LogP contribution in [0, 0.1) is 0 Å². The quantitative estimate of drug-likeness (QED) is 0.816. The van der Waals surface area contributed by atoms with Gasteiger partial charge in [-0.3, -0.25) is 9.69 Å². The molecule has 0 spiro atoms. The van der Waals surface area contributed by atoms with Gasteiger partial charge in [0.2, 0.25) is 5.91 Å². The van der Waals surface area contributed by atoms with Crippen molar-refractivity contribution in [3.8, 4) is 0 Å². The van der Waals surface area contributed by atoms with Gasteiger partial charge >= 0.3 is 6.09 Å². The summed E-state index contributed by atoms with van der Waals surface area (Å²) in [6, 6.07) is 3.96. The molecule has 6 heteroatoms. The van der Waals surface area contributed by atoms with Crippen LogP contribution < -0.4 is 4.90 Å². The SMILES string of the molecule is CC(=O)N1CCCC1c1cccnc1N(C(=O)OC(C)(C)C)C1CCC1. The lowest BCUT2D eigenvalue weighted by Gasteiger charge is -2.39. The van der Waals surface area contributed by atoms with Crippen LogP contribution in [0.5, 0.6) is 0 Å². The second-order valence-electron chi connectivity index (χ2n) is 8.22. The standard InChI is InChI=1S/C20H29N3O3/c1-14(24)22-13-7-11-17(22)16-10-6-12-21-18(16)23(15-8-5-9-15)19(25)26-20(2,3)4/h6,10,12,15,17H,5,7-9,11,13H2,1-4H3. The molecular weight excluding hydrogens is 330 g/mol. The monoisotopic (exact) mass is 359 g/mol. The number of anilines is 1. The Hall–Kier alpha value is -2.11. The van der Waals surface area contributed by atoms with Crippen molar-refractivity contribution in [3.63, 3.8) is 0 Å². The zero-order chi connectivity index (χ0) is 18.9. The molecule has 2 amide bonds. The molecule has 0 radical (unpaired) electrons. The van der Waals surface area contributed by atoms with Gasteiger partial charge < -0.3 is 9.64 Å². The molecule has 1 saturated heterocycles. The van der Waals surface area contributed by atoms with Gasteiger partial charge in [0.05, 0.1) is 6.04 Å². The van der Waals surface area contributed by atoms with Gasteiger partial charge in [-0.05, 0) is 58.9 Å². The Kier molecular flexibility index (Phi) is 5.21. The number of rotatable bonds is 3. The topological polar surface area (TPSA) is 62.7 Å². The van der Waals surface area contributed by atoms with Crippen molar-refractivity contribution in [2.24, 2.45) is 0 Å². The van der Waals surface area contributed by atoms with Crippen molar-refractivity contribution < 1.29 is 14.3 Å². The highest BCUT2D eigenvalue weighted by molar-refractivity contribution is 5.89. The molecule has 0 aromatic carbocycles. The van der Waals surface area contributed by atoms with Gasteiger partial charge in [-0.15, -0.1) is 0 Å². The molecule has 1 unspecified atom stereocenters. The normalized spacial score (nSPS) is 20.6. The number of aromatic nitrogens is 1. The van der Waals surface area contributed by atoms with Gasteiger partial charge in [-0.2, -0.15) is 0 Å². The number of hydrogen-bond donors (Lipinski definition) is 0. The Morgan fingerprint density at radius 3 is 2.54 bits per heavy atom. The average molecular weight is 359 g/mol. The van der Waals surface area contributed by atoms with Crippen LogP contribution in [-0.4, -0.2) is 40.1 Å². The van der Waals surface area contributed by atoms with E-state index in [1.165, 1.54) is 0 Å². The first kappa shape index (κ1) is 18.7. The summed E-state index contributed by atoms with van der Waals surface area (Å²) < 4.78 is 5.67. The predicted octanol–water partition coefficient (Wildman–Crippen LogP) is 4.06.